The zero-order chi connectivity index (χ0) is 13.1. The van der Waals surface area contributed by atoms with E-state index in [1.54, 1.807) is 25.4 Å². The molecule has 0 spiro atoms. The minimum Gasteiger partial charge on any atom is -0.493 e. The van der Waals surface area contributed by atoms with E-state index in [4.69, 9.17) is 9.31 Å². The van der Waals surface area contributed by atoms with Crippen LogP contribution in [0.25, 0.3) is 0 Å². The maximum Gasteiger partial charge on any atom is 0.656 e. The Kier molecular flexibility index (Phi) is 3.98. The Morgan fingerprint density at radius 1 is 1.28 bits per heavy atom. The highest BCUT2D eigenvalue weighted by Crippen LogP contribution is 2.05. The third kappa shape index (κ3) is 3.30. The van der Waals surface area contributed by atoms with Gasteiger partial charge in [-0.15, -0.1) is 0 Å². The van der Waals surface area contributed by atoms with Gasteiger partial charge >= 0.3 is 19.1 Å². The van der Waals surface area contributed by atoms with Crippen molar-refractivity contribution in [3.63, 3.8) is 0 Å². The van der Waals surface area contributed by atoms with Gasteiger partial charge in [0.15, 0.2) is 0 Å². The number of aromatic nitrogens is 1. The summed E-state index contributed by atoms with van der Waals surface area (Å²) in [6, 6.07) is 3.36. The predicted molar refractivity (Wildman–Crippen MR) is 67.0 cm³/mol. The lowest BCUT2D eigenvalue weighted by Gasteiger charge is -2.22. The molecule has 0 aromatic carbocycles. The standard InChI is InChI=1S/C10H10BBrN2O4/c1-14-5-9(15)17-11(18-10(16)6-14)8-3-2-7(12)4-13-8/h2-4H,5-6H2,1H3. The molecule has 2 heterocycles. The number of nitrogens with zero attached hydrogens (tertiary/aromatic N) is 2. The van der Waals surface area contributed by atoms with Crippen molar-refractivity contribution in [1.82, 2.24) is 9.88 Å². The molecule has 0 unspecified atom stereocenters. The molecule has 1 saturated heterocycles. The van der Waals surface area contributed by atoms with E-state index in [-0.39, 0.29) is 13.1 Å². The predicted octanol–water partition coefficient (Wildman–Crippen LogP) is -0.429. The number of halogens is 1. The van der Waals surface area contributed by atoms with E-state index in [0.717, 1.165) is 4.47 Å². The molecule has 94 valence electrons. The van der Waals surface area contributed by atoms with Crippen LogP contribution in [0.2, 0.25) is 0 Å². The molecule has 1 aromatic heterocycles. The zero-order valence-corrected chi connectivity index (χ0v) is 11.2. The van der Waals surface area contributed by atoms with Crippen molar-refractivity contribution in [3.05, 3.63) is 22.8 Å². The largest absolute Gasteiger partial charge is 0.656 e. The average molecular weight is 313 g/mol. The van der Waals surface area contributed by atoms with Crippen LogP contribution >= 0.6 is 15.9 Å². The maximum absolute atomic E-state index is 11.5. The van der Waals surface area contributed by atoms with Crippen LogP contribution in [0.3, 0.4) is 0 Å². The summed E-state index contributed by atoms with van der Waals surface area (Å²) in [5.41, 5.74) is 0.379. The fourth-order valence-corrected chi connectivity index (χ4v) is 1.72. The van der Waals surface area contributed by atoms with Gasteiger partial charge in [-0.05, 0) is 35.1 Å². The van der Waals surface area contributed by atoms with Crippen molar-refractivity contribution < 1.29 is 18.9 Å². The van der Waals surface area contributed by atoms with Gasteiger partial charge in [0, 0.05) is 10.7 Å². The summed E-state index contributed by atoms with van der Waals surface area (Å²) in [5, 5.41) is 0. The smallest absolute Gasteiger partial charge is 0.493 e. The summed E-state index contributed by atoms with van der Waals surface area (Å²) >= 11 is 3.24. The zero-order valence-electron chi connectivity index (χ0n) is 9.63. The molecule has 8 heteroatoms. The van der Waals surface area contributed by atoms with Gasteiger partial charge in [0.2, 0.25) is 0 Å². The SMILES string of the molecule is CN1CC(=O)OB(c2ccc(Br)cn2)OC(=O)C1. The third-order valence-electron chi connectivity index (χ3n) is 2.27. The van der Waals surface area contributed by atoms with Crippen LogP contribution in [0.1, 0.15) is 0 Å². The first kappa shape index (κ1) is 13.0. The molecule has 1 aromatic rings. The van der Waals surface area contributed by atoms with E-state index < -0.39 is 19.1 Å². The highest BCUT2D eigenvalue weighted by Gasteiger charge is 2.34. The van der Waals surface area contributed by atoms with Crippen LogP contribution in [-0.4, -0.2) is 49.1 Å². The van der Waals surface area contributed by atoms with Crippen LogP contribution in [-0.2, 0) is 18.9 Å². The van der Waals surface area contributed by atoms with Crippen LogP contribution in [0, 0.1) is 0 Å². The first-order valence-corrected chi connectivity index (χ1v) is 6.03. The number of hydrogen-bond donors (Lipinski definition) is 0. The van der Waals surface area contributed by atoms with Crippen molar-refractivity contribution in [2.45, 2.75) is 0 Å². The third-order valence-corrected chi connectivity index (χ3v) is 2.74. The minimum absolute atomic E-state index is 0.0438. The lowest BCUT2D eigenvalue weighted by molar-refractivity contribution is -0.145. The Hall–Kier alpha value is -1.41. The molecule has 6 nitrogen and oxygen atoms in total. The summed E-state index contributed by atoms with van der Waals surface area (Å²) in [6.45, 7) is 0.0876. The lowest BCUT2D eigenvalue weighted by atomic mass is 9.83. The normalized spacial score (nSPS) is 17.8. The number of hydrogen-bond acceptors (Lipinski definition) is 6. The molecule has 0 amide bonds. The first-order valence-electron chi connectivity index (χ1n) is 5.23. The van der Waals surface area contributed by atoms with Gasteiger partial charge in [0.1, 0.15) is 5.59 Å². The topological polar surface area (TPSA) is 68.7 Å². The van der Waals surface area contributed by atoms with Crippen LogP contribution < -0.4 is 5.59 Å². The Bertz CT molecular complexity index is 447. The molecule has 1 aliphatic heterocycles. The summed E-state index contributed by atoms with van der Waals surface area (Å²) in [5.74, 6) is -0.917. The highest BCUT2D eigenvalue weighted by atomic mass is 79.9. The molecule has 1 aliphatic rings. The van der Waals surface area contributed by atoms with Crippen LogP contribution in [0.5, 0.6) is 0 Å². The second-order valence-electron chi connectivity index (χ2n) is 3.89. The monoisotopic (exact) mass is 312 g/mol. The molecule has 0 N–H and O–H groups in total. The summed E-state index contributed by atoms with van der Waals surface area (Å²) in [4.78, 5) is 28.6. The average Bonchev–Trinajstić information content (AvgIpc) is 2.26. The fraction of sp³-hybridized carbons (Fsp3) is 0.300. The van der Waals surface area contributed by atoms with Crippen molar-refractivity contribution in [1.29, 1.82) is 0 Å². The lowest BCUT2D eigenvalue weighted by Crippen LogP contribution is -2.48. The molecule has 1 fully saturated rings. The van der Waals surface area contributed by atoms with Crippen molar-refractivity contribution in [2.75, 3.05) is 20.1 Å². The summed E-state index contributed by atoms with van der Waals surface area (Å²) < 4.78 is 10.9. The Labute approximate surface area is 113 Å². The molecule has 0 saturated carbocycles. The summed E-state index contributed by atoms with van der Waals surface area (Å²) in [6.07, 6.45) is 1.54. The minimum atomic E-state index is -1.08. The second-order valence-corrected chi connectivity index (χ2v) is 4.80. The molecule has 0 bridgehead atoms. The summed E-state index contributed by atoms with van der Waals surface area (Å²) in [7, 11) is 0.563. The van der Waals surface area contributed by atoms with Crippen molar-refractivity contribution >= 4 is 40.6 Å². The molecule has 0 aliphatic carbocycles. The van der Waals surface area contributed by atoms with E-state index in [0.29, 0.717) is 5.59 Å². The molecular formula is C10H10BBrN2O4. The van der Waals surface area contributed by atoms with Gasteiger partial charge in [0.25, 0.3) is 0 Å². The van der Waals surface area contributed by atoms with E-state index in [1.165, 1.54) is 4.90 Å². The number of rotatable bonds is 1. The molecule has 0 radical (unpaired) electrons. The van der Waals surface area contributed by atoms with Gasteiger partial charge in [0.05, 0.1) is 13.1 Å². The maximum atomic E-state index is 11.5. The fourth-order valence-electron chi connectivity index (χ4n) is 1.48. The van der Waals surface area contributed by atoms with Crippen LogP contribution in [0.15, 0.2) is 22.8 Å². The Morgan fingerprint density at radius 2 is 1.89 bits per heavy atom. The van der Waals surface area contributed by atoms with Gasteiger partial charge in [-0.2, -0.15) is 0 Å². The Morgan fingerprint density at radius 3 is 2.39 bits per heavy atom. The van der Waals surface area contributed by atoms with Gasteiger partial charge < -0.3 is 9.31 Å². The van der Waals surface area contributed by atoms with E-state index >= 15 is 0 Å². The number of carbonyl (C=O) groups excluding carboxylic acids is 2. The number of likely N-dealkylation sites (N-methyl/N-ethyl adjacent to an activating group) is 1. The van der Waals surface area contributed by atoms with Gasteiger partial charge in [-0.1, -0.05) is 0 Å². The van der Waals surface area contributed by atoms with Crippen LogP contribution in [0.4, 0.5) is 0 Å². The molecule has 18 heavy (non-hydrogen) atoms. The van der Waals surface area contributed by atoms with E-state index in [9.17, 15) is 9.59 Å². The quantitative estimate of drug-likeness (QED) is 0.656. The van der Waals surface area contributed by atoms with Crippen molar-refractivity contribution in [2.24, 2.45) is 0 Å². The molecule has 0 atom stereocenters. The number of carbonyl (C=O) groups is 2. The first-order chi connectivity index (χ1) is 8.54. The molecule has 2 rings (SSSR count). The van der Waals surface area contributed by atoms with Gasteiger partial charge in [-0.25, -0.2) is 0 Å². The molecular weight excluding hydrogens is 303 g/mol. The number of pyridine rings is 1. The van der Waals surface area contributed by atoms with E-state index in [2.05, 4.69) is 20.9 Å². The Balaban J connectivity index is 2.18. The van der Waals surface area contributed by atoms with Crippen molar-refractivity contribution in [3.8, 4) is 0 Å². The van der Waals surface area contributed by atoms with E-state index in [1.807, 2.05) is 0 Å². The second kappa shape index (κ2) is 5.49. The highest BCUT2D eigenvalue weighted by molar-refractivity contribution is 9.10. The van der Waals surface area contributed by atoms with Gasteiger partial charge in [-0.3, -0.25) is 19.5 Å².